The Hall–Kier alpha value is -1.33. The van der Waals surface area contributed by atoms with Gasteiger partial charge < -0.3 is 14.2 Å². The summed E-state index contributed by atoms with van der Waals surface area (Å²) in [6.07, 6.45) is 3.94. The maximum absolute atomic E-state index is 12.6. The number of rotatable bonds is 3. The number of benzene rings is 1. The van der Waals surface area contributed by atoms with Gasteiger partial charge in [-0.2, -0.15) is 0 Å². The van der Waals surface area contributed by atoms with E-state index in [1.54, 1.807) is 0 Å². The van der Waals surface area contributed by atoms with E-state index >= 15 is 0 Å². The monoisotopic (exact) mass is 343 g/mol. The smallest absolute Gasteiger partial charge is 0.399 e. The second kappa shape index (κ2) is 6.77. The lowest BCUT2D eigenvalue weighted by Crippen LogP contribution is -2.42. The van der Waals surface area contributed by atoms with Crippen LogP contribution in [0, 0.1) is 0 Å². The molecule has 0 aromatic heterocycles. The molecule has 0 radical (unpaired) electrons. The van der Waals surface area contributed by atoms with Gasteiger partial charge >= 0.3 is 7.12 Å². The highest BCUT2D eigenvalue weighted by Gasteiger charge is 2.51. The molecular weight excluding hydrogens is 313 g/mol. The van der Waals surface area contributed by atoms with Crippen LogP contribution in [-0.2, 0) is 20.5 Å². The highest BCUT2D eigenvalue weighted by atomic mass is 16.7. The van der Waals surface area contributed by atoms with Crippen molar-refractivity contribution in [3.05, 3.63) is 29.8 Å². The van der Waals surface area contributed by atoms with Crippen molar-refractivity contribution in [3.63, 3.8) is 0 Å². The summed E-state index contributed by atoms with van der Waals surface area (Å²) in [5.74, 6) is 0.232. The largest absolute Gasteiger partial charge is 0.494 e. The summed E-state index contributed by atoms with van der Waals surface area (Å²) in [6, 6.07) is 8.44. The average Bonchev–Trinajstić information content (AvgIpc) is 2.76. The first-order valence-electron chi connectivity index (χ1n) is 9.43. The van der Waals surface area contributed by atoms with Gasteiger partial charge in [-0.25, -0.2) is 0 Å². The lowest BCUT2D eigenvalue weighted by Gasteiger charge is -2.33. The van der Waals surface area contributed by atoms with E-state index in [2.05, 4.69) is 34.6 Å². The molecule has 25 heavy (non-hydrogen) atoms. The van der Waals surface area contributed by atoms with E-state index in [0.29, 0.717) is 12.5 Å². The predicted molar refractivity (Wildman–Crippen MR) is 101 cm³/mol. The molecule has 2 fully saturated rings. The van der Waals surface area contributed by atoms with Crippen LogP contribution in [0.4, 0.5) is 0 Å². The molecule has 2 saturated heterocycles. The fraction of sp³-hybridized carbons (Fsp3) is 0.650. The summed E-state index contributed by atoms with van der Waals surface area (Å²) in [5, 5.41) is 0. The molecule has 2 aliphatic heterocycles. The first kappa shape index (κ1) is 18.5. The molecule has 0 bridgehead atoms. The molecule has 4 nitrogen and oxygen atoms in total. The molecule has 0 N–H and O–H groups in total. The van der Waals surface area contributed by atoms with Gasteiger partial charge in [0, 0.05) is 12.6 Å². The van der Waals surface area contributed by atoms with Crippen molar-refractivity contribution in [1.82, 2.24) is 4.90 Å². The number of carbonyl (C=O) groups excluding carboxylic acids is 1. The molecule has 3 rings (SSSR count). The third kappa shape index (κ3) is 3.77. The fourth-order valence-corrected chi connectivity index (χ4v) is 3.52. The van der Waals surface area contributed by atoms with E-state index < -0.39 is 0 Å². The van der Waals surface area contributed by atoms with Crippen LogP contribution in [0.15, 0.2) is 24.3 Å². The Bertz CT molecular complexity index is 610. The number of amides is 1. The second-order valence-corrected chi connectivity index (χ2v) is 8.44. The Morgan fingerprint density at radius 2 is 1.72 bits per heavy atom. The van der Waals surface area contributed by atoms with Crippen molar-refractivity contribution >= 4 is 18.5 Å². The summed E-state index contributed by atoms with van der Waals surface area (Å²) in [7, 11) is -0.350. The first-order valence-corrected chi connectivity index (χ1v) is 9.43. The van der Waals surface area contributed by atoms with E-state index in [1.807, 2.05) is 29.2 Å². The average molecular weight is 343 g/mol. The van der Waals surface area contributed by atoms with E-state index in [4.69, 9.17) is 9.31 Å². The van der Waals surface area contributed by atoms with Gasteiger partial charge in [0.2, 0.25) is 5.91 Å². The SMILES string of the molecule is CC1CCCCN1C(=O)Cc1ccc(B2OC(C)(C)C(C)(C)O2)cc1. The third-order valence-electron chi connectivity index (χ3n) is 5.98. The highest BCUT2D eigenvalue weighted by molar-refractivity contribution is 6.62. The summed E-state index contributed by atoms with van der Waals surface area (Å²) < 4.78 is 12.2. The first-order chi connectivity index (χ1) is 11.7. The van der Waals surface area contributed by atoms with Crippen molar-refractivity contribution < 1.29 is 14.1 Å². The number of piperidine rings is 1. The van der Waals surface area contributed by atoms with Gasteiger partial charge in [0.25, 0.3) is 0 Å². The molecule has 2 aliphatic rings. The second-order valence-electron chi connectivity index (χ2n) is 8.44. The molecule has 2 heterocycles. The predicted octanol–water partition coefficient (Wildman–Crippen LogP) is 2.93. The Morgan fingerprint density at radius 3 is 2.28 bits per heavy atom. The quantitative estimate of drug-likeness (QED) is 0.792. The number of likely N-dealkylation sites (tertiary alicyclic amines) is 1. The minimum atomic E-state index is -0.350. The standard InChI is InChI=1S/C20H30BNO3/c1-15-8-6-7-13-22(15)18(23)14-16-9-11-17(12-10-16)21-24-19(2,3)20(4,5)25-21/h9-12,15H,6-8,13-14H2,1-5H3. The third-order valence-corrected chi connectivity index (χ3v) is 5.98. The van der Waals surface area contributed by atoms with E-state index in [9.17, 15) is 4.79 Å². The molecule has 1 aromatic carbocycles. The normalized spacial score (nSPS) is 25.2. The van der Waals surface area contributed by atoms with Crippen molar-refractivity contribution in [2.45, 2.75) is 77.5 Å². The Labute approximate surface area is 152 Å². The van der Waals surface area contributed by atoms with Crippen LogP contribution >= 0.6 is 0 Å². The van der Waals surface area contributed by atoms with Gasteiger partial charge in [0.05, 0.1) is 17.6 Å². The topological polar surface area (TPSA) is 38.8 Å². The van der Waals surface area contributed by atoms with Gasteiger partial charge in [0.1, 0.15) is 0 Å². The molecule has 5 heteroatoms. The molecule has 1 atom stereocenters. The molecule has 0 spiro atoms. The van der Waals surface area contributed by atoms with Crippen LogP contribution in [-0.4, -0.2) is 41.7 Å². The maximum Gasteiger partial charge on any atom is 0.494 e. The zero-order chi connectivity index (χ0) is 18.2. The summed E-state index contributed by atoms with van der Waals surface area (Å²) >= 11 is 0. The minimum absolute atomic E-state index is 0.232. The zero-order valence-electron chi connectivity index (χ0n) is 16.2. The number of hydrogen-bond donors (Lipinski definition) is 0. The number of hydrogen-bond acceptors (Lipinski definition) is 3. The maximum atomic E-state index is 12.6. The molecule has 1 unspecified atom stereocenters. The molecular formula is C20H30BNO3. The Morgan fingerprint density at radius 1 is 1.12 bits per heavy atom. The van der Waals surface area contributed by atoms with Gasteiger partial charge in [0.15, 0.2) is 0 Å². The van der Waals surface area contributed by atoms with Crippen LogP contribution in [0.3, 0.4) is 0 Å². The molecule has 1 amide bonds. The van der Waals surface area contributed by atoms with E-state index in [1.165, 1.54) is 6.42 Å². The zero-order valence-corrected chi connectivity index (χ0v) is 16.2. The van der Waals surface area contributed by atoms with Gasteiger partial charge in [-0.15, -0.1) is 0 Å². The Kier molecular flexibility index (Phi) is 5.00. The number of nitrogens with zero attached hydrogens (tertiary/aromatic N) is 1. The van der Waals surface area contributed by atoms with Crippen molar-refractivity contribution in [3.8, 4) is 0 Å². The minimum Gasteiger partial charge on any atom is -0.399 e. The summed E-state index contributed by atoms with van der Waals surface area (Å²) in [6.45, 7) is 11.3. The summed E-state index contributed by atoms with van der Waals surface area (Å²) in [4.78, 5) is 14.6. The van der Waals surface area contributed by atoms with Crippen LogP contribution in [0.25, 0.3) is 0 Å². The van der Waals surface area contributed by atoms with Crippen molar-refractivity contribution in [2.24, 2.45) is 0 Å². The lowest BCUT2D eigenvalue weighted by atomic mass is 9.79. The van der Waals surface area contributed by atoms with Gasteiger partial charge in [-0.1, -0.05) is 24.3 Å². The van der Waals surface area contributed by atoms with Gasteiger partial charge in [-0.3, -0.25) is 4.79 Å². The summed E-state index contributed by atoms with van der Waals surface area (Å²) in [5.41, 5.74) is 1.37. The fourth-order valence-electron chi connectivity index (χ4n) is 3.52. The van der Waals surface area contributed by atoms with Crippen molar-refractivity contribution in [2.75, 3.05) is 6.54 Å². The molecule has 0 saturated carbocycles. The number of carbonyl (C=O) groups is 1. The van der Waals surface area contributed by atoms with E-state index in [-0.39, 0.29) is 24.2 Å². The van der Waals surface area contributed by atoms with Crippen molar-refractivity contribution in [1.29, 1.82) is 0 Å². The molecule has 136 valence electrons. The molecule has 0 aliphatic carbocycles. The van der Waals surface area contributed by atoms with Crippen LogP contribution in [0.5, 0.6) is 0 Å². The highest BCUT2D eigenvalue weighted by Crippen LogP contribution is 2.36. The lowest BCUT2D eigenvalue weighted by molar-refractivity contribution is -0.133. The van der Waals surface area contributed by atoms with Crippen LogP contribution in [0.2, 0.25) is 0 Å². The van der Waals surface area contributed by atoms with E-state index in [0.717, 1.165) is 30.4 Å². The molecule has 1 aromatic rings. The van der Waals surface area contributed by atoms with Crippen LogP contribution < -0.4 is 5.46 Å². The van der Waals surface area contributed by atoms with Crippen LogP contribution in [0.1, 0.15) is 59.4 Å². The van der Waals surface area contributed by atoms with Gasteiger partial charge in [-0.05, 0) is 64.9 Å². The Balaban J connectivity index is 1.64.